The Morgan fingerprint density at radius 1 is 1.29 bits per heavy atom. The Kier molecular flexibility index (Phi) is 3.58. The van der Waals surface area contributed by atoms with Gasteiger partial charge in [-0.05, 0) is 37.5 Å². The predicted octanol–water partition coefficient (Wildman–Crippen LogP) is 2.75. The summed E-state index contributed by atoms with van der Waals surface area (Å²) < 4.78 is 0. The Morgan fingerprint density at radius 3 is 2.21 bits per heavy atom. The Bertz CT molecular complexity index is 337. The van der Waals surface area contributed by atoms with E-state index in [4.69, 9.17) is 0 Å². The smallest absolute Gasteiger partial charge is 0.276 e. The fourth-order valence-electron chi connectivity index (χ4n) is 1.65. The first kappa shape index (κ1) is 11.1. The summed E-state index contributed by atoms with van der Waals surface area (Å²) in [6.07, 6.45) is 0. The molecular formula is C11H15NOS. The molecule has 3 heteroatoms. The first-order valence-electron chi connectivity index (χ1n) is 4.54. The molecule has 0 aromatic heterocycles. The summed E-state index contributed by atoms with van der Waals surface area (Å²) >= 11 is 3.67. The molecule has 1 N–H and O–H groups in total. The van der Waals surface area contributed by atoms with Crippen LogP contribution in [-0.4, -0.2) is 5.24 Å². The molecule has 76 valence electrons. The van der Waals surface area contributed by atoms with Gasteiger partial charge in [-0.25, -0.2) is 0 Å². The molecule has 0 heterocycles. The Labute approximate surface area is 90.1 Å². The van der Waals surface area contributed by atoms with E-state index in [2.05, 4.69) is 50.8 Å². The highest BCUT2D eigenvalue weighted by Gasteiger charge is 2.03. The van der Waals surface area contributed by atoms with E-state index < -0.39 is 0 Å². The van der Waals surface area contributed by atoms with Crippen LogP contribution in [0.3, 0.4) is 0 Å². The topological polar surface area (TPSA) is 29.1 Å². The number of hydrogen-bond acceptors (Lipinski definition) is 1. The molecule has 0 saturated carbocycles. The number of rotatable bonds is 2. The highest BCUT2D eigenvalue weighted by atomic mass is 32.1. The Hall–Kier alpha value is -0.960. The zero-order chi connectivity index (χ0) is 10.7. The minimum absolute atomic E-state index is 0.288. The van der Waals surface area contributed by atoms with Crippen LogP contribution in [0.15, 0.2) is 12.1 Å². The summed E-state index contributed by atoms with van der Waals surface area (Å²) in [5.41, 5.74) is 4.85. The van der Waals surface area contributed by atoms with Gasteiger partial charge in [-0.1, -0.05) is 30.3 Å². The van der Waals surface area contributed by atoms with E-state index in [1.807, 2.05) is 0 Å². The number of thiol groups is 1. The standard InChI is InChI=1S/C11H15NOS/c1-7-4-8(2)10(9(3)5-7)6-12-11(13)14/h4-5H,6H2,1-3H3,(H2,12,13,14). The molecule has 0 spiro atoms. The van der Waals surface area contributed by atoms with Crippen molar-refractivity contribution < 1.29 is 4.79 Å². The summed E-state index contributed by atoms with van der Waals surface area (Å²) in [5.74, 6) is 0. The Morgan fingerprint density at radius 2 is 1.79 bits per heavy atom. The summed E-state index contributed by atoms with van der Waals surface area (Å²) in [6.45, 7) is 6.74. The molecule has 0 fully saturated rings. The number of benzene rings is 1. The van der Waals surface area contributed by atoms with E-state index in [1.54, 1.807) is 0 Å². The van der Waals surface area contributed by atoms with Crippen LogP contribution in [0, 0.1) is 20.8 Å². The van der Waals surface area contributed by atoms with E-state index in [1.165, 1.54) is 22.3 Å². The van der Waals surface area contributed by atoms with Crippen molar-refractivity contribution in [2.75, 3.05) is 0 Å². The quantitative estimate of drug-likeness (QED) is 0.720. The largest absolute Gasteiger partial charge is 0.343 e. The highest BCUT2D eigenvalue weighted by molar-refractivity contribution is 7.96. The second-order valence-corrected chi connectivity index (χ2v) is 3.94. The molecule has 1 aromatic carbocycles. The number of carbonyl (C=O) groups excluding carboxylic acids is 1. The first-order chi connectivity index (χ1) is 6.50. The molecule has 14 heavy (non-hydrogen) atoms. The summed E-state index contributed by atoms with van der Waals surface area (Å²) in [4.78, 5) is 10.7. The SMILES string of the molecule is Cc1cc(C)c(CNC(=O)S)c(C)c1. The lowest BCUT2D eigenvalue weighted by Gasteiger charge is -2.11. The molecule has 0 radical (unpaired) electrons. The normalized spacial score (nSPS) is 10.0. The van der Waals surface area contributed by atoms with Crippen LogP contribution in [0.1, 0.15) is 22.3 Å². The number of carbonyl (C=O) groups is 1. The lowest BCUT2D eigenvalue weighted by atomic mass is 10.00. The monoisotopic (exact) mass is 209 g/mol. The van der Waals surface area contributed by atoms with Gasteiger partial charge in [0.25, 0.3) is 5.24 Å². The lowest BCUT2D eigenvalue weighted by Crippen LogP contribution is -2.17. The molecule has 0 atom stereocenters. The van der Waals surface area contributed by atoms with Gasteiger partial charge < -0.3 is 5.32 Å². The number of amides is 1. The summed E-state index contributed by atoms with van der Waals surface area (Å²) in [7, 11) is 0. The molecule has 1 aromatic rings. The molecule has 2 nitrogen and oxygen atoms in total. The molecular weight excluding hydrogens is 194 g/mol. The zero-order valence-electron chi connectivity index (χ0n) is 8.72. The van der Waals surface area contributed by atoms with Crippen molar-refractivity contribution in [2.45, 2.75) is 27.3 Å². The second-order valence-electron chi connectivity index (χ2n) is 3.54. The van der Waals surface area contributed by atoms with Gasteiger partial charge in [-0.2, -0.15) is 0 Å². The minimum atomic E-state index is -0.288. The van der Waals surface area contributed by atoms with Gasteiger partial charge in [0.15, 0.2) is 0 Å². The van der Waals surface area contributed by atoms with E-state index >= 15 is 0 Å². The molecule has 1 amide bonds. The number of aryl methyl sites for hydroxylation is 3. The van der Waals surface area contributed by atoms with Gasteiger partial charge in [0.1, 0.15) is 0 Å². The molecule has 0 aliphatic carbocycles. The van der Waals surface area contributed by atoms with Gasteiger partial charge in [-0.15, -0.1) is 0 Å². The summed E-state index contributed by atoms with van der Waals surface area (Å²) in [5, 5.41) is 2.40. The molecule has 0 aliphatic heterocycles. The van der Waals surface area contributed by atoms with E-state index in [-0.39, 0.29) is 5.24 Å². The maximum absolute atomic E-state index is 10.7. The third kappa shape index (κ3) is 2.77. The van der Waals surface area contributed by atoms with Crippen molar-refractivity contribution in [3.63, 3.8) is 0 Å². The van der Waals surface area contributed by atoms with E-state index in [0.29, 0.717) is 6.54 Å². The van der Waals surface area contributed by atoms with E-state index in [9.17, 15) is 4.79 Å². The number of nitrogens with one attached hydrogen (secondary N) is 1. The van der Waals surface area contributed by atoms with Crippen LogP contribution >= 0.6 is 12.6 Å². The van der Waals surface area contributed by atoms with Gasteiger partial charge in [-0.3, -0.25) is 4.79 Å². The average Bonchev–Trinajstić information content (AvgIpc) is 2.01. The third-order valence-electron chi connectivity index (χ3n) is 2.26. The predicted molar refractivity (Wildman–Crippen MR) is 61.9 cm³/mol. The van der Waals surface area contributed by atoms with Crippen LogP contribution in [0.4, 0.5) is 4.79 Å². The van der Waals surface area contributed by atoms with Crippen molar-refractivity contribution in [1.82, 2.24) is 5.32 Å². The summed E-state index contributed by atoms with van der Waals surface area (Å²) in [6, 6.07) is 4.24. The second kappa shape index (κ2) is 4.51. The van der Waals surface area contributed by atoms with Crippen LogP contribution < -0.4 is 5.32 Å². The van der Waals surface area contributed by atoms with Crippen molar-refractivity contribution in [3.05, 3.63) is 34.4 Å². The molecule has 0 bridgehead atoms. The maximum atomic E-state index is 10.7. The average molecular weight is 209 g/mol. The third-order valence-corrected chi connectivity index (χ3v) is 2.41. The molecule has 0 unspecified atom stereocenters. The van der Waals surface area contributed by atoms with Gasteiger partial charge in [0, 0.05) is 6.54 Å². The molecule has 0 saturated heterocycles. The van der Waals surface area contributed by atoms with Gasteiger partial charge in [0.05, 0.1) is 0 Å². The van der Waals surface area contributed by atoms with Crippen LogP contribution in [-0.2, 0) is 6.54 Å². The fraction of sp³-hybridized carbons (Fsp3) is 0.364. The lowest BCUT2D eigenvalue weighted by molar-refractivity contribution is 0.260. The number of hydrogen-bond donors (Lipinski definition) is 2. The van der Waals surface area contributed by atoms with Crippen molar-refractivity contribution in [1.29, 1.82) is 0 Å². The van der Waals surface area contributed by atoms with Crippen LogP contribution in [0.25, 0.3) is 0 Å². The van der Waals surface area contributed by atoms with Gasteiger partial charge >= 0.3 is 0 Å². The van der Waals surface area contributed by atoms with E-state index in [0.717, 1.165) is 0 Å². The van der Waals surface area contributed by atoms with Crippen LogP contribution in [0.5, 0.6) is 0 Å². The molecule has 0 aliphatic rings. The first-order valence-corrected chi connectivity index (χ1v) is 4.99. The van der Waals surface area contributed by atoms with Crippen molar-refractivity contribution in [2.24, 2.45) is 0 Å². The minimum Gasteiger partial charge on any atom is -0.343 e. The van der Waals surface area contributed by atoms with Crippen LogP contribution in [0.2, 0.25) is 0 Å². The fourth-order valence-corrected chi connectivity index (χ4v) is 1.73. The van der Waals surface area contributed by atoms with Gasteiger partial charge in [0.2, 0.25) is 0 Å². The Balaban J connectivity index is 2.91. The maximum Gasteiger partial charge on any atom is 0.276 e. The van der Waals surface area contributed by atoms with Crippen molar-refractivity contribution in [3.8, 4) is 0 Å². The zero-order valence-corrected chi connectivity index (χ0v) is 9.61. The molecule has 1 rings (SSSR count). The highest BCUT2D eigenvalue weighted by Crippen LogP contribution is 2.15. The van der Waals surface area contributed by atoms with Crippen molar-refractivity contribution >= 4 is 17.9 Å².